The van der Waals surface area contributed by atoms with Gasteiger partial charge in [-0.1, -0.05) is 23.2 Å². The molecule has 1 unspecified atom stereocenters. The molecule has 2 N–H and O–H groups in total. The average molecular weight is 316 g/mol. The lowest BCUT2D eigenvalue weighted by Gasteiger charge is -2.13. The minimum Gasteiger partial charge on any atom is -0.323 e. The number of thioether (sulfide) groups is 1. The Morgan fingerprint density at radius 1 is 1.11 bits per heavy atom. The zero-order valence-corrected chi connectivity index (χ0v) is 12.3. The molecule has 0 aliphatic carbocycles. The maximum Gasteiger partial charge on any atom is 0.123 e. The maximum absolute atomic E-state index is 13.2. The van der Waals surface area contributed by atoms with Crippen LogP contribution in [0.5, 0.6) is 0 Å². The van der Waals surface area contributed by atoms with Crippen LogP contribution in [0.4, 0.5) is 4.39 Å². The van der Waals surface area contributed by atoms with Crippen molar-refractivity contribution in [3.05, 3.63) is 63.9 Å². The molecule has 0 aromatic heterocycles. The van der Waals surface area contributed by atoms with Crippen LogP contribution >= 0.6 is 35.0 Å². The number of halogens is 3. The van der Waals surface area contributed by atoms with Gasteiger partial charge in [0, 0.05) is 26.7 Å². The van der Waals surface area contributed by atoms with E-state index < -0.39 is 0 Å². The molecule has 2 rings (SSSR count). The number of rotatable bonds is 4. The third kappa shape index (κ3) is 4.11. The first-order chi connectivity index (χ1) is 9.06. The Balaban J connectivity index is 2.03. The van der Waals surface area contributed by atoms with E-state index in [2.05, 4.69) is 0 Å². The van der Waals surface area contributed by atoms with Gasteiger partial charge in [-0.2, -0.15) is 0 Å². The molecule has 0 saturated carbocycles. The Bertz CT molecular complexity index is 560. The first-order valence-corrected chi connectivity index (χ1v) is 7.39. The second kappa shape index (κ2) is 6.62. The predicted octanol–water partition coefficient (Wildman–Crippen LogP) is 4.92. The standard InChI is InChI=1S/C14H12Cl2FNS/c15-9-1-4-11(5-2-9)19-8-14(18)12-7-10(17)3-6-13(12)16/h1-7,14H,8,18H2. The van der Waals surface area contributed by atoms with Crippen molar-refractivity contribution < 1.29 is 4.39 Å². The van der Waals surface area contributed by atoms with Gasteiger partial charge in [0.25, 0.3) is 0 Å². The summed E-state index contributed by atoms with van der Waals surface area (Å²) in [6.07, 6.45) is 0. The third-order valence-electron chi connectivity index (χ3n) is 2.60. The molecular weight excluding hydrogens is 304 g/mol. The predicted molar refractivity (Wildman–Crippen MR) is 80.5 cm³/mol. The van der Waals surface area contributed by atoms with Crippen molar-refractivity contribution in [3.63, 3.8) is 0 Å². The van der Waals surface area contributed by atoms with Crippen LogP contribution in [0.25, 0.3) is 0 Å². The van der Waals surface area contributed by atoms with Crippen LogP contribution in [-0.2, 0) is 0 Å². The van der Waals surface area contributed by atoms with Crippen molar-refractivity contribution in [1.82, 2.24) is 0 Å². The molecule has 19 heavy (non-hydrogen) atoms. The van der Waals surface area contributed by atoms with Crippen molar-refractivity contribution in [1.29, 1.82) is 0 Å². The van der Waals surface area contributed by atoms with Gasteiger partial charge in [-0.3, -0.25) is 0 Å². The molecule has 0 amide bonds. The fourth-order valence-corrected chi connectivity index (χ4v) is 2.87. The summed E-state index contributed by atoms with van der Waals surface area (Å²) in [5.74, 6) is 0.288. The van der Waals surface area contributed by atoms with Gasteiger partial charge < -0.3 is 5.73 Å². The normalized spacial score (nSPS) is 12.4. The Hall–Kier alpha value is -0.740. The molecule has 0 bridgehead atoms. The Morgan fingerprint density at radius 3 is 2.47 bits per heavy atom. The Morgan fingerprint density at radius 2 is 1.79 bits per heavy atom. The van der Waals surface area contributed by atoms with E-state index in [0.29, 0.717) is 21.4 Å². The van der Waals surface area contributed by atoms with E-state index in [9.17, 15) is 4.39 Å². The van der Waals surface area contributed by atoms with Crippen LogP contribution < -0.4 is 5.73 Å². The molecule has 2 aromatic carbocycles. The molecule has 0 saturated heterocycles. The largest absolute Gasteiger partial charge is 0.323 e. The van der Waals surface area contributed by atoms with Gasteiger partial charge in [-0.15, -0.1) is 11.8 Å². The second-order valence-corrected chi connectivity index (χ2v) is 5.97. The lowest BCUT2D eigenvalue weighted by molar-refractivity contribution is 0.623. The lowest BCUT2D eigenvalue weighted by atomic mass is 10.1. The summed E-state index contributed by atoms with van der Waals surface area (Å²) in [6, 6.07) is 11.4. The molecular formula is C14H12Cl2FNS. The van der Waals surface area contributed by atoms with Crippen molar-refractivity contribution >= 4 is 35.0 Å². The monoisotopic (exact) mass is 315 g/mol. The molecule has 0 radical (unpaired) electrons. The zero-order valence-electron chi connectivity index (χ0n) is 9.95. The van der Waals surface area contributed by atoms with E-state index in [1.807, 2.05) is 24.3 Å². The SMILES string of the molecule is NC(CSc1ccc(Cl)cc1)c1cc(F)ccc1Cl. The summed E-state index contributed by atoms with van der Waals surface area (Å²) in [5, 5.41) is 1.19. The van der Waals surface area contributed by atoms with Crippen molar-refractivity contribution in [2.75, 3.05) is 5.75 Å². The zero-order chi connectivity index (χ0) is 13.8. The van der Waals surface area contributed by atoms with Gasteiger partial charge in [0.05, 0.1) is 0 Å². The summed E-state index contributed by atoms with van der Waals surface area (Å²) in [4.78, 5) is 1.06. The van der Waals surface area contributed by atoms with E-state index in [1.54, 1.807) is 11.8 Å². The topological polar surface area (TPSA) is 26.0 Å². The quantitative estimate of drug-likeness (QED) is 0.810. The summed E-state index contributed by atoms with van der Waals surface area (Å²) >= 11 is 13.4. The number of benzene rings is 2. The van der Waals surface area contributed by atoms with Gasteiger partial charge in [-0.05, 0) is 48.0 Å². The smallest absolute Gasteiger partial charge is 0.123 e. The van der Waals surface area contributed by atoms with Crippen LogP contribution in [0.3, 0.4) is 0 Å². The first-order valence-electron chi connectivity index (χ1n) is 5.65. The number of hydrogen-bond donors (Lipinski definition) is 1. The summed E-state index contributed by atoms with van der Waals surface area (Å²) in [5.41, 5.74) is 6.67. The average Bonchev–Trinajstić information content (AvgIpc) is 2.40. The number of nitrogens with two attached hydrogens (primary N) is 1. The highest BCUT2D eigenvalue weighted by Gasteiger charge is 2.11. The van der Waals surface area contributed by atoms with E-state index in [4.69, 9.17) is 28.9 Å². The molecule has 0 spiro atoms. The highest BCUT2D eigenvalue weighted by Crippen LogP contribution is 2.28. The van der Waals surface area contributed by atoms with Crippen LogP contribution in [0.15, 0.2) is 47.4 Å². The fourth-order valence-electron chi connectivity index (χ4n) is 1.61. The fraction of sp³-hybridized carbons (Fsp3) is 0.143. The molecule has 0 aliphatic rings. The van der Waals surface area contributed by atoms with Gasteiger partial charge in [-0.25, -0.2) is 4.39 Å². The minimum absolute atomic E-state index is 0.316. The van der Waals surface area contributed by atoms with E-state index in [-0.39, 0.29) is 11.9 Å². The van der Waals surface area contributed by atoms with Crippen LogP contribution in [-0.4, -0.2) is 5.75 Å². The van der Waals surface area contributed by atoms with Crippen LogP contribution in [0.2, 0.25) is 10.0 Å². The minimum atomic E-state index is -0.327. The molecule has 5 heteroatoms. The van der Waals surface area contributed by atoms with Gasteiger partial charge >= 0.3 is 0 Å². The molecule has 1 nitrogen and oxygen atoms in total. The molecule has 0 heterocycles. The summed E-state index contributed by atoms with van der Waals surface area (Å²) in [6.45, 7) is 0. The molecule has 0 aliphatic heterocycles. The van der Waals surface area contributed by atoms with E-state index >= 15 is 0 Å². The maximum atomic E-state index is 13.2. The van der Waals surface area contributed by atoms with Crippen LogP contribution in [0.1, 0.15) is 11.6 Å². The Kier molecular flexibility index (Phi) is 5.11. The molecule has 2 aromatic rings. The number of hydrogen-bond acceptors (Lipinski definition) is 2. The first kappa shape index (κ1) is 14.7. The van der Waals surface area contributed by atoms with Crippen molar-refractivity contribution in [2.24, 2.45) is 5.73 Å². The highest BCUT2D eigenvalue weighted by molar-refractivity contribution is 7.99. The van der Waals surface area contributed by atoms with Gasteiger partial charge in [0.1, 0.15) is 5.82 Å². The summed E-state index contributed by atoms with van der Waals surface area (Å²) < 4.78 is 13.2. The van der Waals surface area contributed by atoms with Gasteiger partial charge in [0.15, 0.2) is 0 Å². The van der Waals surface area contributed by atoms with Crippen LogP contribution in [0, 0.1) is 5.82 Å². The lowest BCUT2D eigenvalue weighted by Crippen LogP contribution is -2.13. The second-order valence-electron chi connectivity index (χ2n) is 4.04. The highest BCUT2D eigenvalue weighted by atomic mass is 35.5. The molecule has 0 fully saturated rings. The molecule has 100 valence electrons. The van der Waals surface area contributed by atoms with E-state index in [0.717, 1.165) is 4.90 Å². The van der Waals surface area contributed by atoms with Crippen molar-refractivity contribution in [2.45, 2.75) is 10.9 Å². The van der Waals surface area contributed by atoms with E-state index in [1.165, 1.54) is 18.2 Å². The third-order valence-corrected chi connectivity index (χ3v) is 4.33. The van der Waals surface area contributed by atoms with Crippen molar-refractivity contribution in [3.8, 4) is 0 Å². The summed E-state index contributed by atoms with van der Waals surface area (Å²) in [7, 11) is 0. The van der Waals surface area contributed by atoms with Gasteiger partial charge in [0.2, 0.25) is 0 Å². The molecule has 1 atom stereocenters. The Labute approximate surface area is 125 Å².